The van der Waals surface area contributed by atoms with Crippen LogP contribution in [0.2, 0.25) is 0 Å². The number of benzene rings is 1. The van der Waals surface area contributed by atoms with Gasteiger partial charge < -0.3 is 15.7 Å². The van der Waals surface area contributed by atoms with E-state index in [1.165, 1.54) is 6.07 Å². The van der Waals surface area contributed by atoms with E-state index in [0.29, 0.717) is 12.5 Å². The SMILES string of the molecule is CCNC(=NCC(O)c1ccccc1F)NCCCn1nc(C)cc1C. The molecule has 2 rings (SSSR count). The molecular weight excluding hydrogens is 333 g/mol. The summed E-state index contributed by atoms with van der Waals surface area (Å²) < 4.78 is 15.7. The first-order valence-corrected chi connectivity index (χ1v) is 8.97. The molecule has 0 fully saturated rings. The molecule has 0 bridgehead atoms. The second-order valence-corrected chi connectivity index (χ2v) is 6.19. The molecule has 6 nitrogen and oxygen atoms in total. The molecule has 0 aliphatic rings. The summed E-state index contributed by atoms with van der Waals surface area (Å²) in [5, 5.41) is 21.0. The summed E-state index contributed by atoms with van der Waals surface area (Å²) in [6, 6.07) is 8.27. The highest BCUT2D eigenvalue weighted by molar-refractivity contribution is 5.79. The Hall–Kier alpha value is -2.41. The molecule has 1 aromatic carbocycles. The highest BCUT2D eigenvalue weighted by Gasteiger charge is 2.11. The van der Waals surface area contributed by atoms with E-state index >= 15 is 0 Å². The number of aliphatic hydroxyl groups is 1. The van der Waals surface area contributed by atoms with Gasteiger partial charge in [0.15, 0.2) is 5.96 Å². The Balaban J connectivity index is 1.84. The van der Waals surface area contributed by atoms with Gasteiger partial charge in [-0.15, -0.1) is 0 Å². The van der Waals surface area contributed by atoms with Crippen molar-refractivity contribution >= 4 is 5.96 Å². The topological polar surface area (TPSA) is 74.5 Å². The molecule has 142 valence electrons. The maximum Gasteiger partial charge on any atom is 0.191 e. The number of nitrogens with zero attached hydrogens (tertiary/aromatic N) is 3. The van der Waals surface area contributed by atoms with Crippen molar-refractivity contribution in [3.8, 4) is 0 Å². The highest BCUT2D eigenvalue weighted by Crippen LogP contribution is 2.16. The maximum atomic E-state index is 13.7. The van der Waals surface area contributed by atoms with Crippen molar-refractivity contribution < 1.29 is 9.50 Å². The van der Waals surface area contributed by atoms with Crippen molar-refractivity contribution in [3.63, 3.8) is 0 Å². The molecule has 3 N–H and O–H groups in total. The van der Waals surface area contributed by atoms with Crippen molar-refractivity contribution in [1.29, 1.82) is 0 Å². The largest absolute Gasteiger partial charge is 0.386 e. The van der Waals surface area contributed by atoms with Crippen LogP contribution in [-0.2, 0) is 6.54 Å². The molecule has 0 spiro atoms. The van der Waals surface area contributed by atoms with Gasteiger partial charge in [-0.2, -0.15) is 5.10 Å². The van der Waals surface area contributed by atoms with Gasteiger partial charge in [-0.05, 0) is 39.3 Å². The lowest BCUT2D eigenvalue weighted by molar-refractivity contribution is 0.182. The van der Waals surface area contributed by atoms with Gasteiger partial charge in [0, 0.05) is 30.9 Å². The predicted octanol–water partition coefficient (Wildman–Crippen LogP) is 2.32. The molecule has 2 aromatic rings. The van der Waals surface area contributed by atoms with Crippen LogP contribution in [0.3, 0.4) is 0 Å². The van der Waals surface area contributed by atoms with Gasteiger partial charge in [0.1, 0.15) is 11.9 Å². The van der Waals surface area contributed by atoms with Crippen LogP contribution < -0.4 is 10.6 Å². The predicted molar refractivity (Wildman–Crippen MR) is 102 cm³/mol. The van der Waals surface area contributed by atoms with E-state index in [2.05, 4.69) is 26.8 Å². The quantitative estimate of drug-likeness (QED) is 0.383. The molecule has 0 radical (unpaired) electrons. The summed E-state index contributed by atoms with van der Waals surface area (Å²) in [5.41, 5.74) is 2.43. The molecule has 1 unspecified atom stereocenters. The van der Waals surface area contributed by atoms with Crippen LogP contribution in [0.15, 0.2) is 35.3 Å². The zero-order valence-electron chi connectivity index (χ0n) is 15.7. The molecule has 1 aromatic heterocycles. The summed E-state index contributed by atoms with van der Waals surface area (Å²) in [6.45, 7) is 8.35. The maximum absolute atomic E-state index is 13.7. The summed E-state index contributed by atoms with van der Waals surface area (Å²) >= 11 is 0. The molecule has 0 saturated carbocycles. The Labute approximate surface area is 154 Å². The van der Waals surface area contributed by atoms with E-state index in [4.69, 9.17) is 0 Å². The van der Waals surface area contributed by atoms with Crippen molar-refractivity contribution in [2.45, 2.75) is 39.8 Å². The first-order chi connectivity index (χ1) is 12.5. The highest BCUT2D eigenvalue weighted by atomic mass is 19.1. The van der Waals surface area contributed by atoms with Gasteiger partial charge in [0.2, 0.25) is 0 Å². The molecule has 0 aliphatic carbocycles. The van der Waals surface area contributed by atoms with E-state index in [1.54, 1.807) is 18.2 Å². The number of aryl methyl sites for hydroxylation is 3. The number of nitrogens with one attached hydrogen (secondary N) is 2. The van der Waals surface area contributed by atoms with E-state index in [9.17, 15) is 9.50 Å². The second-order valence-electron chi connectivity index (χ2n) is 6.19. The van der Waals surface area contributed by atoms with Crippen LogP contribution >= 0.6 is 0 Å². The van der Waals surface area contributed by atoms with E-state index in [1.807, 2.05) is 25.5 Å². The van der Waals surface area contributed by atoms with E-state index < -0.39 is 11.9 Å². The zero-order valence-corrected chi connectivity index (χ0v) is 15.7. The van der Waals surface area contributed by atoms with Gasteiger partial charge in [0.05, 0.1) is 12.2 Å². The third kappa shape index (κ3) is 5.84. The third-order valence-electron chi connectivity index (χ3n) is 3.97. The zero-order chi connectivity index (χ0) is 18.9. The second kappa shape index (κ2) is 9.91. The third-order valence-corrected chi connectivity index (χ3v) is 3.97. The van der Waals surface area contributed by atoms with Gasteiger partial charge in [-0.1, -0.05) is 18.2 Å². The van der Waals surface area contributed by atoms with Crippen molar-refractivity contribution in [2.24, 2.45) is 4.99 Å². The number of hydrogen-bond acceptors (Lipinski definition) is 3. The van der Waals surface area contributed by atoms with Gasteiger partial charge in [-0.3, -0.25) is 9.67 Å². The number of hydrogen-bond donors (Lipinski definition) is 3. The van der Waals surface area contributed by atoms with Crippen molar-refractivity contribution in [2.75, 3.05) is 19.6 Å². The van der Waals surface area contributed by atoms with Gasteiger partial charge in [-0.25, -0.2) is 4.39 Å². The number of guanidine groups is 1. The van der Waals surface area contributed by atoms with Crippen LogP contribution in [0.25, 0.3) is 0 Å². The van der Waals surface area contributed by atoms with Gasteiger partial charge >= 0.3 is 0 Å². The molecule has 1 heterocycles. The Bertz CT molecular complexity index is 728. The Morgan fingerprint density at radius 2 is 2.08 bits per heavy atom. The average molecular weight is 361 g/mol. The molecule has 0 aliphatic heterocycles. The Morgan fingerprint density at radius 1 is 1.31 bits per heavy atom. The summed E-state index contributed by atoms with van der Waals surface area (Å²) in [7, 11) is 0. The molecule has 1 atom stereocenters. The fourth-order valence-electron chi connectivity index (χ4n) is 2.70. The van der Waals surface area contributed by atoms with Crippen LogP contribution in [0, 0.1) is 19.7 Å². The smallest absolute Gasteiger partial charge is 0.191 e. The number of halogens is 1. The monoisotopic (exact) mass is 361 g/mol. The summed E-state index contributed by atoms with van der Waals surface area (Å²) in [5.74, 6) is 0.189. The normalized spacial score (nSPS) is 12.9. The van der Waals surface area contributed by atoms with Crippen LogP contribution in [-0.4, -0.2) is 40.5 Å². The Kier molecular flexibility index (Phi) is 7.59. The van der Waals surface area contributed by atoms with Gasteiger partial charge in [0.25, 0.3) is 0 Å². The molecular formula is C19H28FN5O. The first-order valence-electron chi connectivity index (χ1n) is 8.97. The standard InChI is InChI=1S/C19H28FN5O/c1-4-21-19(22-10-7-11-25-15(3)12-14(2)24-25)23-13-18(26)16-8-5-6-9-17(16)20/h5-6,8-9,12,18,26H,4,7,10-11,13H2,1-3H3,(H2,21,22,23). The van der Waals surface area contributed by atoms with Crippen molar-refractivity contribution in [1.82, 2.24) is 20.4 Å². The molecule has 0 saturated heterocycles. The minimum absolute atomic E-state index is 0.0910. The van der Waals surface area contributed by atoms with E-state index in [0.717, 1.165) is 30.9 Å². The van der Waals surface area contributed by atoms with E-state index in [-0.39, 0.29) is 12.1 Å². The fraction of sp³-hybridized carbons (Fsp3) is 0.474. The summed E-state index contributed by atoms with van der Waals surface area (Å²) in [6.07, 6.45) is -0.0799. The Morgan fingerprint density at radius 3 is 2.73 bits per heavy atom. The molecule has 26 heavy (non-hydrogen) atoms. The number of rotatable bonds is 8. The molecule has 0 amide bonds. The van der Waals surface area contributed by atoms with Crippen LogP contribution in [0.1, 0.15) is 36.4 Å². The summed E-state index contributed by atoms with van der Waals surface area (Å²) in [4.78, 5) is 4.35. The fourth-order valence-corrected chi connectivity index (χ4v) is 2.70. The minimum Gasteiger partial charge on any atom is -0.386 e. The minimum atomic E-state index is -0.971. The number of aliphatic hydroxyl groups excluding tert-OH is 1. The molecule has 7 heteroatoms. The average Bonchev–Trinajstić information content (AvgIpc) is 2.94. The lowest BCUT2D eigenvalue weighted by Crippen LogP contribution is -2.38. The van der Waals surface area contributed by atoms with Crippen LogP contribution in [0.5, 0.6) is 0 Å². The lowest BCUT2D eigenvalue weighted by Gasteiger charge is -2.14. The lowest BCUT2D eigenvalue weighted by atomic mass is 10.1. The first kappa shape index (κ1) is 19.9. The number of aromatic nitrogens is 2. The van der Waals surface area contributed by atoms with Crippen LogP contribution in [0.4, 0.5) is 4.39 Å². The number of aliphatic imine (C=N–C) groups is 1. The van der Waals surface area contributed by atoms with Crippen molar-refractivity contribution in [3.05, 3.63) is 53.1 Å².